The molecular formula is C12H18N6. The zero-order valence-electron chi connectivity index (χ0n) is 11.0. The highest BCUT2D eigenvalue weighted by molar-refractivity contribution is 5.29. The zero-order valence-corrected chi connectivity index (χ0v) is 11.0. The van der Waals surface area contributed by atoms with E-state index in [1.807, 2.05) is 33.4 Å². The summed E-state index contributed by atoms with van der Waals surface area (Å²) in [6.07, 6.45) is 3.87. The minimum atomic E-state index is 0.521. The van der Waals surface area contributed by atoms with Gasteiger partial charge >= 0.3 is 0 Å². The first kappa shape index (κ1) is 12.5. The molecule has 0 radical (unpaired) electrons. The third-order valence-electron chi connectivity index (χ3n) is 2.54. The number of aromatic nitrogens is 4. The number of nitrogen functional groups attached to an aromatic ring is 1. The third kappa shape index (κ3) is 3.27. The molecule has 6 nitrogen and oxygen atoms in total. The van der Waals surface area contributed by atoms with Crippen LogP contribution in [0.1, 0.15) is 17.1 Å². The highest BCUT2D eigenvalue weighted by Gasteiger charge is 2.06. The Bertz CT molecular complexity index is 513. The first-order valence-corrected chi connectivity index (χ1v) is 5.79. The molecule has 2 N–H and O–H groups in total. The molecule has 0 fully saturated rings. The van der Waals surface area contributed by atoms with Crippen LogP contribution >= 0.6 is 0 Å². The molecule has 6 heteroatoms. The largest absolute Gasteiger partial charge is 0.384 e. The van der Waals surface area contributed by atoms with Crippen molar-refractivity contribution >= 4 is 5.82 Å². The standard InChI is InChI=1S/C12H18N6/c1-9-4-11(13)16-12(15-9)8-17(2)6-10-5-14-18(3)7-10/h4-5,7H,6,8H2,1-3H3,(H2,13,15,16). The van der Waals surface area contributed by atoms with Crippen LogP contribution in [0.2, 0.25) is 0 Å². The van der Waals surface area contributed by atoms with E-state index in [2.05, 4.69) is 20.0 Å². The summed E-state index contributed by atoms with van der Waals surface area (Å²) >= 11 is 0. The molecule has 0 aromatic carbocycles. The van der Waals surface area contributed by atoms with Crippen LogP contribution in [0.15, 0.2) is 18.5 Å². The van der Waals surface area contributed by atoms with Crippen LogP contribution in [-0.4, -0.2) is 31.7 Å². The number of hydrogen-bond donors (Lipinski definition) is 1. The second kappa shape index (κ2) is 5.14. The maximum absolute atomic E-state index is 5.71. The van der Waals surface area contributed by atoms with Crippen LogP contribution in [0, 0.1) is 6.92 Å². The van der Waals surface area contributed by atoms with Gasteiger partial charge in [-0.2, -0.15) is 5.10 Å². The molecule has 0 aliphatic rings. The summed E-state index contributed by atoms with van der Waals surface area (Å²) in [5.74, 6) is 1.27. The second-order valence-corrected chi connectivity index (χ2v) is 4.54. The first-order valence-electron chi connectivity index (χ1n) is 5.79. The predicted molar refractivity (Wildman–Crippen MR) is 69.6 cm³/mol. The summed E-state index contributed by atoms with van der Waals surface area (Å²) in [6.45, 7) is 3.40. The van der Waals surface area contributed by atoms with Crippen LogP contribution in [0.4, 0.5) is 5.82 Å². The smallest absolute Gasteiger partial charge is 0.144 e. The molecule has 0 aliphatic carbocycles. The Balaban J connectivity index is 2.00. The Morgan fingerprint density at radius 3 is 2.72 bits per heavy atom. The number of anilines is 1. The van der Waals surface area contributed by atoms with Crippen molar-refractivity contribution in [3.63, 3.8) is 0 Å². The lowest BCUT2D eigenvalue weighted by molar-refractivity contribution is 0.310. The van der Waals surface area contributed by atoms with Gasteiger partial charge in [0.25, 0.3) is 0 Å². The summed E-state index contributed by atoms with van der Waals surface area (Å²) < 4.78 is 1.80. The number of rotatable bonds is 4. The van der Waals surface area contributed by atoms with Gasteiger partial charge in [-0.3, -0.25) is 9.58 Å². The van der Waals surface area contributed by atoms with Crippen LogP contribution in [0.25, 0.3) is 0 Å². The average Bonchev–Trinajstić information content (AvgIpc) is 2.61. The van der Waals surface area contributed by atoms with E-state index in [0.29, 0.717) is 12.4 Å². The normalized spacial score (nSPS) is 11.1. The summed E-state index contributed by atoms with van der Waals surface area (Å²) in [5.41, 5.74) is 7.77. The van der Waals surface area contributed by atoms with Gasteiger partial charge in [-0.1, -0.05) is 0 Å². The third-order valence-corrected chi connectivity index (χ3v) is 2.54. The Labute approximate surface area is 106 Å². The fraction of sp³-hybridized carbons (Fsp3) is 0.417. The van der Waals surface area contributed by atoms with Gasteiger partial charge in [-0.25, -0.2) is 9.97 Å². The van der Waals surface area contributed by atoms with E-state index in [4.69, 9.17) is 5.73 Å². The van der Waals surface area contributed by atoms with Crippen LogP contribution < -0.4 is 5.73 Å². The number of aryl methyl sites for hydroxylation is 2. The molecule has 18 heavy (non-hydrogen) atoms. The van der Waals surface area contributed by atoms with Gasteiger partial charge in [0.1, 0.15) is 11.6 Å². The zero-order chi connectivity index (χ0) is 13.1. The fourth-order valence-corrected chi connectivity index (χ4v) is 1.89. The maximum atomic E-state index is 5.71. The molecule has 0 amide bonds. The van der Waals surface area contributed by atoms with Crippen LogP contribution in [-0.2, 0) is 20.1 Å². The number of nitrogens with two attached hydrogens (primary N) is 1. The van der Waals surface area contributed by atoms with Gasteiger partial charge in [0.15, 0.2) is 0 Å². The molecule has 0 spiro atoms. The summed E-state index contributed by atoms with van der Waals surface area (Å²) in [6, 6.07) is 1.77. The highest BCUT2D eigenvalue weighted by atomic mass is 15.2. The van der Waals surface area contributed by atoms with Gasteiger partial charge in [-0.05, 0) is 14.0 Å². The van der Waals surface area contributed by atoms with Crippen molar-refractivity contribution in [1.82, 2.24) is 24.6 Å². The minimum absolute atomic E-state index is 0.521. The van der Waals surface area contributed by atoms with Gasteiger partial charge in [0, 0.05) is 37.1 Å². The van der Waals surface area contributed by atoms with Crippen molar-refractivity contribution in [3.05, 3.63) is 35.5 Å². The van der Waals surface area contributed by atoms with Gasteiger partial charge in [-0.15, -0.1) is 0 Å². The van der Waals surface area contributed by atoms with E-state index in [0.717, 1.165) is 18.1 Å². The SMILES string of the molecule is Cc1cc(N)nc(CN(C)Cc2cnn(C)c2)n1. The molecule has 0 bridgehead atoms. The van der Waals surface area contributed by atoms with Crippen molar-refractivity contribution in [2.75, 3.05) is 12.8 Å². The maximum Gasteiger partial charge on any atom is 0.144 e. The monoisotopic (exact) mass is 246 g/mol. The molecular weight excluding hydrogens is 228 g/mol. The molecule has 0 saturated heterocycles. The lowest BCUT2D eigenvalue weighted by Crippen LogP contribution is -2.19. The fourth-order valence-electron chi connectivity index (χ4n) is 1.89. The molecule has 2 rings (SSSR count). The van der Waals surface area contributed by atoms with Crippen molar-refractivity contribution in [2.45, 2.75) is 20.0 Å². The van der Waals surface area contributed by atoms with Crippen LogP contribution in [0.3, 0.4) is 0 Å². The van der Waals surface area contributed by atoms with E-state index in [-0.39, 0.29) is 0 Å². The lowest BCUT2D eigenvalue weighted by Gasteiger charge is -2.14. The molecule has 0 saturated carbocycles. The van der Waals surface area contributed by atoms with Gasteiger partial charge < -0.3 is 5.73 Å². The van der Waals surface area contributed by atoms with E-state index in [1.54, 1.807) is 10.7 Å². The highest BCUT2D eigenvalue weighted by Crippen LogP contribution is 2.07. The summed E-state index contributed by atoms with van der Waals surface area (Å²) in [7, 11) is 3.93. The average molecular weight is 246 g/mol. The van der Waals surface area contributed by atoms with Crippen molar-refractivity contribution in [1.29, 1.82) is 0 Å². The molecule has 2 heterocycles. The number of hydrogen-bond acceptors (Lipinski definition) is 5. The molecule has 0 aliphatic heterocycles. The molecule has 2 aromatic heterocycles. The summed E-state index contributed by atoms with van der Waals surface area (Å²) in [4.78, 5) is 10.7. The van der Waals surface area contributed by atoms with Gasteiger partial charge in [0.05, 0.1) is 12.7 Å². The Morgan fingerprint density at radius 2 is 2.11 bits per heavy atom. The molecule has 96 valence electrons. The van der Waals surface area contributed by atoms with E-state index in [1.165, 1.54) is 5.56 Å². The van der Waals surface area contributed by atoms with E-state index < -0.39 is 0 Å². The Morgan fingerprint density at radius 1 is 1.33 bits per heavy atom. The van der Waals surface area contributed by atoms with Gasteiger partial charge in [0.2, 0.25) is 0 Å². The lowest BCUT2D eigenvalue weighted by atomic mass is 10.3. The van der Waals surface area contributed by atoms with Crippen molar-refractivity contribution in [2.24, 2.45) is 7.05 Å². The molecule has 2 aromatic rings. The first-order chi connectivity index (χ1) is 8.52. The predicted octanol–water partition coefficient (Wildman–Crippen LogP) is 0.733. The minimum Gasteiger partial charge on any atom is -0.384 e. The molecule has 0 atom stereocenters. The van der Waals surface area contributed by atoms with Crippen molar-refractivity contribution in [3.8, 4) is 0 Å². The topological polar surface area (TPSA) is 72.9 Å². The second-order valence-electron chi connectivity index (χ2n) is 4.54. The number of nitrogens with zero attached hydrogens (tertiary/aromatic N) is 5. The Hall–Kier alpha value is -1.95. The van der Waals surface area contributed by atoms with Crippen LogP contribution in [0.5, 0.6) is 0 Å². The van der Waals surface area contributed by atoms with Crippen molar-refractivity contribution < 1.29 is 0 Å². The molecule has 0 unspecified atom stereocenters. The Kier molecular flexibility index (Phi) is 3.57. The quantitative estimate of drug-likeness (QED) is 0.861. The summed E-state index contributed by atoms with van der Waals surface area (Å²) in [5, 5.41) is 4.14. The van der Waals surface area contributed by atoms with E-state index >= 15 is 0 Å². The van der Waals surface area contributed by atoms with E-state index in [9.17, 15) is 0 Å².